The summed E-state index contributed by atoms with van der Waals surface area (Å²) in [6.45, 7) is 0.410. The maximum absolute atomic E-state index is 13.0. The molecule has 0 unspecified atom stereocenters. The molecule has 7 nitrogen and oxygen atoms in total. The Morgan fingerprint density at radius 1 is 1.21 bits per heavy atom. The van der Waals surface area contributed by atoms with Crippen molar-refractivity contribution in [3.05, 3.63) is 52.6 Å². The van der Waals surface area contributed by atoms with Crippen molar-refractivity contribution >= 4 is 35.2 Å². The Kier molecular flexibility index (Phi) is 7.37. The van der Waals surface area contributed by atoms with Gasteiger partial charge in [0.1, 0.15) is 13.2 Å². The van der Waals surface area contributed by atoms with Crippen molar-refractivity contribution in [3.8, 4) is 17.2 Å². The summed E-state index contributed by atoms with van der Waals surface area (Å²) in [7, 11) is 2.87. The number of methoxy groups -OCH3 is 1. The van der Waals surface area contributed by atoms with Crippen molar-refractivity contribution in [1.29, 1.82) is 0 Å². The van der Waals surface area contributed by atoms with Gasteiger partial charge >= 0.3 is 6.18 Å². The monoisotopic (exact) mass is 484 g/mol. The lowest BCUT2D eigenvalue weighted by molar-refractivity contribution is -0.137. The van der Waals surface area contributed by atoms with Gasteiger partial charge in [0.25, 0.3) is 0 Å². The second-order valence-corrected chi connectivity index (χ2v) is 7.42. The van der Waals surface area contributed by atoms with E-state index in [0.29, 0.717) is 36.0 Å². The molecule has 0 bridgehead atoms. The summed E-state index contributed by atoms with van der Waals surface area (Å²) in [5.74, 6) is 0.258. The van der Waals surface area contributed by atoms with E-state index in [9.17, 15) is 22.8 Å². The van der Waals surface area contributed by atoms with Crippen molar-refractivity contribution < 1.29 is 37.0 Å². The summed E-state index contributed by atoms with van der Waals surface area (Å²) in [4.78, 5) is 25.7. The molecule has 0 fully saturated rings. The molecular formula is C22H20ClF3N2O5. The number of carbonyl (C=O) groups excluding carboxylic acids is 2. The molecule has 0 saturated heterocycles. The van der Waals surface area contributed by atoms with Crippen LogP contribution in [0.3, 0.4) is 0 Å². The molecule has 1 aliphatic heterocycles. The normalized spacial score (nSPS) is 13.0. The van der Waals surface area contributed by atoms with Crippen LogP contribution in [0.15, 0.2) is 36.4 Å². The van der Waals surface area contributed by atoms with Gasteiger partial charge in [-0.2, -0.15) is 13.2 Å². The molecule has 1 aliphatic rings. The van der Waals surface area contributed by atoms with Crippen LogP contribution in [0, 0.1) is 0 Å². The van der Waals surface area contributed by atoms with Crippen molar-refractivity contribution in [3.63, 3.8) is 0 Å². The van der Waals surface area contributed by atoms with Gasteiger partial charge in [0.05, 0.1) is 24.2 Å². The number of nitrogens with zero attached hydrogens (tertiary/aromatic N) is 1. The molecule has 0 atom stereocenters. The molecule has 2 amide bonds. The summed E-state index contributed by atoms with van der Waals surface area (Å²) >= 11 is 5.57. The van der Waals surface area contributed by atoms with Crippen LogP contribution < -0.4 is 19.5 Å². The number of rotatable bonds is 6. The first kappa shape index (κ1) is 24.2. The molecule has 1 heterocycles. The molecule has 0 aromatic heterocycles. The number of hydrogen-bond acceptors (Lipinski definition) is 5. The zero-order valence-corrected chi connectivity index (χ0v) is 18.4. The van der Waals surface area contributed by atoms with E-state index >= 15 is 0 Å². The van der Waals surface area contributed by atoms with E-state index in [1.807, 2.05) is 0 Å². The first-order valence-corrected chi connectivity index (χ1v) is 10.0. The highest BCUT2D eigenvalue weighted by atomic mass is 35.5. The SMILES string of the molecule is COc1cc(/C=C/C(=O)N(C)CC(=O)Nc2ccc(Cl)c(C(F)(F)F)c2)cc2c1OCCO2. The van der Waals surface area contributed by atoms with Crippen LogP contribution >= 0.6 is 11.6 Å². The zero-order chi connectivity index (χ0) is 24.2. The number of hydrogen-bond donors (Lipinski definition) is 1. The number of halogens is 4. The van der Waals surface area contributed by atoms with E-state index in [4.69, 9.17) is 25.8 Å². The largest absolute Gasteiger partial charge is 0.493 e. The molecule has 0 aliphatic carbocycles. The van der Waals surface area contributed by atoms with Gasteiger partial charge in [0.2, 0.25) is 17.6 Å². The molecule has 0 saturated carbocycles. The van der Waals surface area contributed by atoms with Crippen molar-refractivity contribution in [2.75, 3.05) is 39.2 Å². The summed E-state index contributed by atoms with van der Waals surface area (Å²) < 4.78 is 55.3. The number of anilines is 1. The molecule has 11 heteroatoms. The van der Waals surface area contributed by atoms with E-state index < -0.39 is 28.6 Å². The highest BCUT2D eigenvalue weighted by Gasteiger charge is 2.33. The standard InChI is InChI=1S/C22H20ClF3N2O5/c1-28(12-19(29)27-14-4-5-16(23)15(11-14)22(24,25)26)20(30)6-3-13-9-17(31-2)21-18(10-13)32-7-8-33-21/h3-6,9-11H,7-8,12H2,1-2H3,(H,27,29)/b6-3+. The zero-order valence-electron chi connectivity index (χ0n) is 17.7. The van der Waals surface area contributed by atoms with Crippen LogP contribution in [0.25, 0.3) is 6.08 Å². The van der Waals surface area contributed by atoms with Crippen molar-refractivity contribution in [2.24, 2.45) is 0 Å². The summed E-state index contributed by atoms with van der Waals surface area (Å²) in [6.07, 6.45) is -1.89. The van der Waals surface area contributed by atoms with Gasteiger partial charge in [-0.25, -0.2) is 0 Å². The van der Waals surface area contributed by atoms with Crippen LogP contribution in [-0.4, -0.2) is 50.6 Å². The first-order valence-electron chi connectivity index (χ1n) is 9.66. The van der Waals surface area contributed by atoms with Crippen LogP contribution in [-0.2, 0) is 15.8 Å². The number of ether oxygens (including phenoxy) is 3. The molecule has 1 N–H and O–H groups in total. The Hall–Kier alpha value is -3.40. The topological polar surface area (TPSA) is 77.1 Å². The fourth-order valence-corrected chi connectivity index (χ4v) is 3.22. The van der Waals surface area contributed by atoms with Gasteiger partial charge in [-0.05, 0) is 42.0 Å². The van der Waals surface area contributed by atoms with Crippen molar-refractivity contribution in [2.45, 2.75) is 6.18 Å². The lowest BCUT2D eigenvalue weighted by Crippen LogP contribution is -2.33. The van der Waals surface area contributed by atoms with E-state index in [-0.39, 0.29) is 12.2 Å². The van der Waals surface area contributed by atoms with E-state index in [2.05, 4.69) is 5.32 Å². The van der Waals surface area contributed by atoms with Crippen LogP contribution in [0.2, 0.25) is 5.02 Å². The minimum absolute atomic E-state index is 0.0866. The number of carbonyl (C=O) groups is 2. The van der Waals surface area contributed by atoms with E-state index in [1.165, 1.54) is 32.4 Å². The molecule has 33 heavy (non-hydrogen) atoms. The van der Waals surface area contributed by atoms with Crippen LogP contribution in [0.1, 0.15) is 11.1 Å². The van der Waals surface area contributed by atoms with Gasteiger partial charge in [-0.15, -0.1) is 0 Å². The summed E-state index contributed by atoms with van der Waals surface area (Å²) in [5.41, 5.74) is -0.538. The molecule has 3 rings (SSSR count). The molecule has 2 aromatic carbocycles. The average Bonchev–Trinajstić information content (AvgIpc) is 2.77. The van der Waals surface area contributed by atoms with Gasteiger partial charge < -0.3 is 24.4 Å². The minimum Gasteiger partial charge on any atom is -0.493 e. The van der Waals surface area contributed by atoms with E-state index in [0.717, 1.165) is 17.0 Å². The van der Waals surface area contributed by atoms with Gasteiger partial charge in [-0.3, -0.25) is 9.59 Å². The van der Waals surface area contributed by atoms with Crippen LogP contribution in [0.5, 0.6) is 17.2 Å². The Bertz CT molecular complexity index is 1070. The van der Waals surface area contributed by atoms with E-state index in [1.54, 1.807) is 12.1 Å². The summed E-state index contributed by atoms with van der Waals surface area (Å²) in [6, 6.07) is 6.37. The third kappa shape index (κ3) is 6.10. The third-order valence-electron chi connectivity index (χ3n) is 4.58. The lowest BCUT2D eigenvalue weighted by atomic mass is 10.1. The number of likely N-dealkylation sites (N-methyl/N-ethyl adjacent to an activating group) is 1. The predicted molar refractivity (Wildman–Crippen MR) is 116 cm³/mol. The fourth-order valence-electron chi connectivity index (χ4n) is 3.00. The maximum Gasteiger partial charge on any atom is 0.417 e. The van der Waals surface area contributed by atoms with Gasteiger partial charge in [0, 0.05) is 18.8 Å². The maximum atomic E-state index is 13.0. The highest BCUT2D eigenvalue weighted by Crippen LogP contribution is 2.40. The quantitative estimate of drug-likeness (QED) is 0.620. The third-order valence-corrected chi connectivity index (χ3v) is 4.91. The second kappa shape index (κ2) is 10.0. The Labute approximate surface area is 192 Å². The Balaban J connectivity index is 1.63. The van der Waals surface area contributed by atoms with Gasteiger partial charge in [0.15, 0.2) is 11.5 Å². The predicted octanol–water partition coefficient (Wildman–Crippen LogP) is 4.25. The smallest absolute Gasteiger partial charge is 0.417 e. The Morgan fingerprint density at radius 2 is 1.94 bits per heavy atom. The first-order chi connectivity index (χ1) is 15.6. The number of nitrogens with one attached hydrogen (secondary N) is 1. The summed E-state index contributed by atoms with van der Waals surface area (Å²) in [5, 5.41) is 1.85. The second-order valence-electron chi connectivity index (χ2n) is 7.02. The molecule has 0 spiro atoms. The number of fused-ring (bicyclic) bond motifs is 1. The Morgan fingerprint density at radius 3 is 2.64 bits per heavy atom. The fraction of sp³-hybridized carbons (Fsp3) is 0.273. The average molecular weight is 485 g/mol. The number of alkyl halides is 3. The number of amides is 2. The highest BCUT2D eigenvalue weighted by molar-refractivity contribution is 6.31. The molecule has 176 valence electrons. The van der Waals surface area contributed by atoms with Gasteiger partial charge in [-0.1, -0.05) is 11.6 Å². The molecular weight excluding hydrogens is 465 g/mol. The minimum atomic E-state index is -4.66. The number of benzene rings is 2. The molecule has 0 radical (unpaired) electrons. The lowest BCUT2D eigenvalue weighted by Gasteiger charge is -2.21. The molecule has 2 aromatic rings. The van der Waals surface area contributed by atoms with Crippen molar-refractivity contribution in [1.82, 2.24) is 4.90 Å². The van der Waals surface area contributed by atoms with Crippen LogP contribution in [0.4, 0.5) is 18.9 Å².